The van der Waals surface area contributed by atoms with Crippen LogP contribution in [-0.4, -0.2) is 70.7 Å². The summed E-state index contributed by atoms with van der Waals surface area (Å²) < 4.78 is 10.5. The van der Waals surface area contributed by atoms with Gasteiger partial charge in [0, 0.05) is 54.4 Å². The van der Waals surface area contributed by atoms with E-state index in [9.17, 15) is 4.79 Å². The topological polar surface area (TPSA) is 105 Å². The fraction of sp³-hybridized carbons (Fsp3) is 0.250. The lowest BCUT2D eigenvalue weighted by Crippen LogP contribution is -2.41. The number of rotatable bonds is 6. The van der Waals surface area contributed by atoms with Gasteiger partial charge in [-0.2, -0.15) is 0 Å². The fourth-order valence-electron chi connectivity index (χ4n) is 3.99. The van der Waals surface area contributed by atoms with Crippen LogP contribution in [0, 0.1) is 0 Å². The smallest absolute Gasteiger partial charge is 0.239 e. The van der Waals surface area contributed by atoms with Crippen LogP contribution in [0.4, 0.5) is 5.82 Å². The van der Waals surface area contributed by atoms with Crippen LogP contribution in [0.15, 0.2) is 48.9 Å². The Bertz CT molecular complexity index is 1320. The molecule has 0 unspecified atom stereocenters. The number of aromatic amines is 1. The van der Waals surface area contributed by atoms with Gasteiger partial charge in [0.05, 0.1) is 48.6 Å². The van der Waals surface area contributed by atoms with Crippen molar-refractivity contribution in [2.45, 2.75) is 0 Å². The molecule has 4 aromatic heterocycles. The highest BCUT2D eigenvalue weighted by Gasteiger charge is 2.19. The van der Waals surface area contributed by atoms with E-state index in [1.165, 1.54) is 0 Å². The van der Waals surface area contributed by atoms with Crippen molar-refractivity contribution in [3.63, 3.8) is 0 Å². The molecule has 0 saturated carbocycles. The van der Waals surface area contributed by atoms with E-state index < -0.39 is 0 Å². The lowest BCUT2D eigenvalue weighted by Gasteiger charge is -2.25. The minimum atomic E-state index is -0.115. The number of carbonyl (C=O) groups excluding carboxylic acids is 1. The standard InChI is InChI=1S/C24H23ClN6O3/c1-33-21-3-2-16(12-27-21)22-23(29-18-11-17(25)13-28-24(18)22)15-4-5-26-19(10-15)30-20(32)14-31-6-8-34-9-7-31/h2-5,10-13,29H,6-9,14H2,1H3,(H,26,30,32). The molecule has 34 heavy (non-hydrogen) atoms. The lowest BCUT2D eigenvalue weighted by molar-refractivity contribution is -0.118. The van der Waals surface area contributed by atoms with Crippen LogP contribution in [0.1, 0.15) is 0 Å². The highest BCUT2D eigenvalue weighted by molar-refractivity contribution is 6.31. The number of hydrogen-bond acceptors (Lipinski definition) is 7. The van der Waals surface area contributed by atoms with Crippen molar-refractivity contribution in [2.24, 2.45) is 0 Å². The lowest BCUT2D eigenvalue weighted by atomic mass is 10.0. The largest absolute Gasteiger partial charge is 0.481 e. The summed E-state index contributed by atoms with van der Waals surface area (Å²) in [5.74, 6) is 0.880. The molecular weight excluding hydrogens is 456 g/mol. The quantitative estimate of drug-likeness (QED) is 0.436. The minimum absolute atomic E-state index is 0.115. The first-order valence-corrected chi connectivity index (χ1v) is 11.2. The van der Waals surface area contributed by atoms with E-state index in [1.54, 1.807) is 31.8 Å². The molecule has 2 N–H and O–H groups in total. The maximum atomic E-state index is 12.6. The van der Waals surface area contributed by atoms with E-state index in [2.05, 4.69) is 30.2 Å². The molecule has 0 aliphatic carbocycles. The molecule has 0 radical (unpaired) electrons. The summed E-state index contributed by atoms with van der Waals surface area (Å²) in [6.45, 7) is 3.06. The van der Waals surface area contributed by atoms with Gasteiger partial charge in [-0.15, -0.1) is 0 Å². The second kappa shape index (κ2) is 9.76. The zero-order chi connectivity index (χ0) is 23.5. The van der Waals surface area contributed by atoms with Crippen molar-refractivity contribution < 1.29 is 14.3 Å². The number of pyridine rings is 3. The van der Waals surface area contributed by atoms with Gasteiger partial charge in [-0.05, 0) is 24.3 Å². The van der Waals surface area contributed by atoms with E-state index in [0.717, 1.165) is 46.5 Å². The first-order chi connectivity index (χ1) is 16.6. The third-order valence-corrected chi connectivity index (χ3v) is 5.83. The van der Waals surface area contributed by atoms with Crippen molar-refractivity contribution in [1.82, 2.24) is 24.8 Å². The zero-order valence-electron chi connectivity index (χ0n) is 18.5. The van der Waals surface area contributed by atoms with E-state index >= 15 is 0 Å². The summed E-state index contributed by atoms with van der Waals surface area (Å²) in [4.78, 5) is 31.3. The molecule has 10 heteroatoms. The van der Waals surface area contributed by atoms with E-state index in [4.69, 9.17) is 21.1 Å². The summed E-state index contributed by atoms with van der Waals surface area (Å²) >= 11 is 6.19. The van der Waals surface area contributed by atoms with Crippen molar-refractivity contribution in [2.75, 3.05) is 45.3 Å². The molecule has 0 bridgehead atoms. The molecule has 0 aromatic carbocycles. The Morgan fingerprint density at radius 1 is 1.15 bits per heavy atom. The molecule has 9 nitrogen and oxygen atoms in total. The van der Waals surface area contributed by atoms with Gasteiger partial charge in [0.25, 0.3) is 0 Å². The number of morpholine rings is 1. The Hall–Kier alpha value is -3.53. The second-order valence-electron chi connectivity index (χ2n) is 7.88. The van der Waals surface area contributed by atoms with Crippen LogP contribution in [0.5, 0.6) is 5.88 Å². The van der Waals surface area contributed by atoms with Crippen molar-refractivity contribution in [3.05, 3.63) is 53.9 Å². The molecule has 5 rings (SSSR count). The SMILES string of the molecule is COc1ccc(-c2c(-c3ccnc(NC(=O)CN4CCOCC4)c3)[nH]c3cc(Cl)cnc23)cn1. The Labute approximate surface area is 201 Å². The fourth-order valence-corrected chi connectivity index (χ4v) is 4.15. The van der Waals surface area contributed by atoms with Gasteiger partial charge in [0.15, 0.2) is 0 Å². The number of halogens is 1. The van der Waals surface area contributed by atoms with E-state index in [-0.39, 0.29) is 5.91 Å². The number of hydrogen-bond donors (Lipinski definition) is 2. The summed E-state index contributed by atoms with van der Waals surface area (Å²) in [6.07, 6.45) is 5.03. The molecule has 0 spiro atoms. The first-order valence-electron chi connectivity index (χ1n) is 10.8. The first kappa shape index (κ1) is 22.3. The normalized spacial score (nSPS) is 14.3. The Morgan fingerprint density at radius 2 is 2.00 bits per heavy atom. The van der Waals surface area contributed by atoms with Crippen LogP contribution in [0.25, 0.3) is 33.4 Å². The van der Waals surface area contributed by atoms with Gasteiger partial charge in [-0.3, -0.25) is 14.7 Å². The number of ether oxygens (including phenoxy) is 2. The van der Waals surface area contributed by atoms with Gasteiger partial charge >= 0.3 is 0 Å². The number of aromatic nitrogens is 4. The number of H-pyrrole nitrogens is 1. The number of nitrogens with one attached hydrogen (secondary N) is 2. The van der Waals surface area contributed by atoms with E-state index in [0.29, 0.717) is 36.5 Å². The second-order valence-corrected chi connectivity index (χ2v) is 8.32. The number of amides is 1. The molecule has 1 amide bonds. The molecular formula is C24H23ClN6O3. The summed E-state index contributed by atoms with van der Waals surface area (Å²) in [6, 6.07) is 9.28. The Morgan fingerprint density at radius 3 is 2.76 bits per heavy atom. The summed E-state index contributed by atoms with van der Waals surface area (Å²) in [5.41, 5.74) is 4.97. The van der Waals surface area contributed by atoms with Gasteiger partial charge in [0.1, 0.15) is 5.82 Å². The molecule has 174 valence electrons. The molecule has 1 fully saturated rings. The van der Waals surface area contributed by atoms with Gasteiger partial charge < -0.3 is 19.8 Å². The molecule has 1 saturated heterocycles. The highest BCUT2D eigenvalue weighted by atomic mass is 35.5. The van der Waals surface area contributed by atoms with Crippen LogP contribution in [0.3, 0.4) is 0 Å². The highest BCUT2D eigenvalue weighted by Crippen LogP contribution is 2.38. The third-order valence-electron chi connectivity index (χ3n) is 5.62. The number of methoxy groups -OCH3 is 1. The third kappa shape index (κ3) is 4.72. The van der Waals surface area contributed by atoms with E-state index in [1.807, 2.05) is 24.3 Å². The van der Waals surface area contributed by atoms with Crippen LogP contribution in [0.2, 0.25) is 5.02 Å². The van der Waals surface area contributed by atoms with Gasteiger partial charge in [-0.25, -0.2) is 9.97 Å². The van der Waals surface area contributed by atoms with Gasteiger partial charge in [0.2, 0.25) is 11.8 Å². The number of carbonyl (C=O) groups is 1. The van der Waals surface area contributed by atoms with Crippen molar-refractivity contribution in [3.8, 4) is 28.3 Å². The maximum Gasteiger partial charge on any atom is 0.239 e. The van der Waals surface area contributed by atoms with Crippen LogP contribution in [-0.2, 0) is 9.53 Å². The van der Waals surface area contributed by atoms with Crippen LogP contribution < -0.4 is 10.1 Å². The summed E-state index contributed by atoms with van der Waals surface area (Å²) in [5, 5.41) is 3.44. The molecule has 1 aliphatic heterocycles. The maximum absolute atomic E-state index is 12.6. The van der Waals surface area contributed by atoms with Gasteiger partial charge in [-0.1, -0.05) is 11.6 Å². The summed E-state index contributed by atoms with van der Waals surface area (Å²) in [7, 11) is 1.58. The number of anilines is 1. The average Bonchev–Trinajstić information content (AvgIpc) is 3.23. The monoisotopic (exact) mass is 478 g/mol. The predicted octanol–water partition coefficient (Wildman–Crippen LogP) is 3.62. The molecule has 5 heterocycles. The minimum Gasteiger partial charge on any atom is -0.481 e. The number of fused-ring (bicyclic) bond motifs is 1. The molecule has 1 aliphatic rings. The average molecular weight is 479 g/mol. The predicted molar refractivity (Wildman–Crippen MR) is 130 cm³/mol. The zero-order valence-corrected chi connectivity index (χ0v) is 19.3. The molecule has 4 aromatic rings. The van der Waals surface area contributed by atoms with Crippen LogP contribution >= 0.6 is 11.6 Å². The molecule has 0 atom stereocenters. The Balaban J connectivity index is 1.49. The van der Waals surface area contributed by atoms with Crippen molar-refractivity contribution >= 4 is 34.4 Å². The number of nitrogens with zero attached hydrogens (tertiary/aromatic N) is 4. The Kier molecular flexibility index (Phi) is 6.39. The van der Waals surface area contributed by atoms with Crippen molar-refractivity contribution in [1.29, 1.82) is 0 Å².